The molecule has 0 unspecified atom stereocenters. The van der Waals surface area contributed by atoms with Gasteiger partial charge in [-0.15, -0.1) is 0 Å². The maximum Gasteiger partial charge on any atom is 0.324 e. The third kappa shape index (κ3) is 2.53. The van der Waals surface area contributed by atoms with Crippen LogP contribution in [0.4, 0.5) is 10.7 Å². The third-order valence-corrected chi connectivity index (χ3v) is 4.18. The Morgan fingerprint density at radius 3 is 2.50 bits per heavy atom. The predicted molar refractivity (Wildman–Crippen MR) is 82.5 cm³/mol. The molecule has 0 bridgehead atoms. The van der Waals surface area contributed by atoms with Crippen LogP contribution in [0.3, 0.4) is 0 Å². The number of para-hydroxylation sites is 1. The van der Waals surface area contributed by atoms with E-state index in [2.05, 4.69) is 0 Å². The van der Waals surface area contributed by atoms with Gasteiger partial charge in [-0.05, 0) is 24.3 Å². The van der Waals surface area contributed by atoms with Crippen molar-refractivity contribution >= 4 is 39.9 Å². The predicted octanol–water partition coefficient (Wildman–Crippen LogP) is 3.00. The zero-order valence-corrected chi connectivity index (χ0v) is 12.1. The van der Waals surface area contributed by atoms with Gasteiger partial charge < -0.3 is 0 Å². The molecule has 0 saturated carbocycles. The highest BCUT2D eigenvalue weighted by Crippen LogP contribution is 2.30. The fraction of sp³-hybridized carbons (Fsp3) is 0.0667. The molecule has 0 spiro atoms. The van der Waals surface area contributed by atoms with Crippen LogP contribution < -0.4 is 4.90 Å². The van der Waals surface area contributed by atoms with Gasteiger partial charge in [-0.3, -0.25) is 19.7 Å². The van der Waals surface area contributed by atoms with E-state index in [0.717, 1.165) is 16.2 Å². The van der Waals surface area contributed by atoms with Crippen LogP contribution in [0.25, 0.3) is 6.08 Å². The summed E-state index contributed by atoms with van der Waals surface area (Å²) in [5.74, 6) is -0.680. The lowest BCUT2D eigenvalue weighted by Gasteiger charge is -2.12. The Bertz CT molecular complexity index is 795. The maximum atomic E-state index is 12.4. The molecular formula is C15H10N2O4S. The van der Waals surface area contributed by atoms with Crippen molar-refractivity contribution in [3.05, 3.63) is 63.0 Å². The summed E-state index contributed by atoms with van der Waals surface area (Å²) in [6.07, 6.45) is 1.54. The summed E-state index contributed by atoms with van der Waals surface area (Å²) < 4.78 is 0. The zero-order valence-electron chi connectivity index (χ0n) is 11.3. The summed E-state index contributed by atoms with van der Waals surface area (Å²) in [4.78, 5) is 36.3. The minimum absolute atomic E-state index is 0.000570. The lowest BCUT2D eigenvalue weighted by Crippen LogP contribution is -2.28. The Balaban J connectivity index is 1.90. The molecule has 7 heteroatoms. The molecule has 0 N–H and O–H groups in total. The van der Waals surface area contributed by atoms with E-state index in [1.807, 2.05) is 0 Å². The Morgan fingerprint density at radius 1 is 1.14 bits per heavy atom. The van der Waals surface area contributed by atoms with Gasteiger partial charge in [0.05, 0.1) is 17.0 Å². The Hall–Kier alpha value is -2.80. The van der Waals surface area contributed by atoms with E-state index in [0.29, 0.717) is 16.1 Å². The standard InChI is InChI=1S/C15H10N2O4S/c18-13-9-10(8-12-6-7-14(22-12)17(20)21)15(19)16(13)11-4-2-1-3-5-11/h1-8H,9H2. The number of nitro groups is 1. The fourth-order valence-electron chi connectivity index (χ4n) is 2.22. The number of amides is 2. The largest absolute Gasteiger partial charge is 0.324 e. The van der Waals surface area contributed by atoms with Crippen LogP contribution in [0.1, 0.15) is 11.3 Å². The number of hydrogen-bond donors (Lipinski definition) is 0. The second kappa shape index (κ2) is 5.53. The van der Waals surface area contributed by atoms with E-state index in [9.17, 15) is 19.7 Å². The first-order valence-corrected chi connectivity index (χ1v) is 7.25. The first kappa shape index (κ1) is 14.2. The normalized spacial score (nSPS) is 16.5. The van der Waals surface area contributed by atoms with E-state index >= 15 is 0 Å². The summed E-state index contributed by atoms with van der Waals surface area (Å²) >= 11 is 0.971. The van der Waals surface area contributed by atoms with E-state index in [4.69, 9.17) is 0 Å². The van der Waals surface area contributed by atoms with Gasteiger partial charge in [0.1, 0.15) is 0 Å². The number of hydrogen-bond acceptors (Lipinski definition) is 5. The SMILES string of the molecule is O=C1CC(=Cc2ccc([N+](=O)[O-])s2)C(=O)N1c1ccccc1. The smallest absolute Gasteiger partial charge is 0.274 e. The van der Waals surface area contributed by atoms with Crippen LogP contribution in [0.15, 0.2) is 48.0 Å². The number of benzene rings is 1. The number of rotatable bonds is 3. The highest BCUT2D eigenvalue weighted by molar-refractivity contribution is 7.16. The molecule has 0 radical (unpaired) electrons. The monoisotopic (exact) mass is 314 g/mol. The molecular weight excluding hydrogens is 304 g/mol. The first-order chi connectivity index (χ1) is 10.6. The van der Waals surface area contributed by atoms with Gasteiger partial charge in [0.15, 0.2) is 0 Å². The quantitative estimate of drug-likeness (QED) is 0.377. The van der Waals surface area contributed by atoms with Crippen molar-refractivity contribution < 1.29 is 14.5 Å². The summed E-state index contributed by atoms with van der Waals surface area (Å²) in [5.41, 5.74) is 0.865. The molecule has 1 aromatic carbocycles. The van der Waals surface area contributed by atoms with Crippen molar-refractivity contribution in [2.24, 2.45) is 0 Å². The van der Waals surface area contributed by atoms with Crippen LogP contribution in [-0.2, 0) is 9.59 Å². The second-order valence-corrected chi connectivity index (χ2v) is 5.74. The van der Waals surface area contributed by atoms with Gasteiger partial charge in [0.25, 0.3) is 5.91 Å². The molecule has 1 aliphatic rings. The van der Waals surface area contributed by atoms with Crippen molar-refractivity contribution in [2.45, 2.75) is 6.42 Å². The summed E-state index contributed by atoms with van der Waals surface area (Å²) in [6.45, 7) is 0. The van der Waals surface area contributed by atoms with Crippen molar-refractivity contribution in [2.75, 3.05) is 4.90 Å². The number of imide groups is 1. The summed E-state index contributed by atoms with van der Waals surface area (Å²) in [6, 6.07) is 11.6. The molecule has 3 rings (SSSR count). The van der Waals surface area contributed by atoms with Gasteiger partial charge in [-0.25, -0.2) is 4.90 Å². The van der Waals surface area contributed by atoms with Gasteiger partial charge in [0, 0.05) is 16.5 Å². The van der Waals surface area contributed by atoms with Gasteiger partial charge >= 0.3 is 5.00 Å². The van der Waals surface area contributed by atoms with Crippen LogP contribution in [0.5, 0.6) is 0 Å². The summed E-state index contributed by atoms with van der Waals surface area (Å²) in [7, 11) is 0. The van der Waals surface area contributed by atoms with Crippen LogP contribution in [-0.4, -0.2) is 16.7 Å². The molecule has 22 heavy (non-hydrogen) atoms. The Labute approximate surface area is 129 Å². The first-order valence-electron chi connectivity index (χ1n) is 6.43. The number of thiophene rings is 1. The molecule has 6 nitrogen and oxygen atoms in total. The lowest BCUT2D eigenvalue weighted by molar-refractivity contribution is -0.380. The number of nitrogens with zero attached hydrogens (tertiary/aromatic N) is 2. The molecule has 0 aliphatic carbocycles. The molecule has 1 aliphatic heterocycles. The zero-order chi connectivity index (χ0) is 15.7. The molecule has 1 saturated heterocycles. The number of anilines is 1. The second-order valence-electron chi connectivity index (χ2n) is 4.65. The van der Waals surface area contributed by atoms with Crippen LogP contribution in [0, 0.1) is 10.1 Å². The molecule has 0 atom stereocenters. The van der Waals surface area contributed by atoms with E-state index < -0.39 is 4.92 Å². The molecule has 110 valence electrons. The minimum atomic E-state index is -0.482. The maximum absolute atomic E-state index is 12.4. The molecule has 2 heterocycles. The molecule has 2 amide bonds. The van der Waals surface area contributed by atoms with Gasteiger partial charge in [-0.1, -0.05) is 29.5 Å². The highest BCUT2D eigenvalue weighted by atomic mass is 32.1. The highest BCUT2D eigenvalue weighted by Gasteiger charge is 2.34. The molecule has 1 fully saturated rings. The van der Waals surface area contributed by atoms with E-state index in [1.54, 1.807) is 42.5 Å². The van der Waals surface area contributed by atoms with Crippen molar-refractivity contribution in [3.8, 4) is 0 Å². The van der Waals surface area contributed by atoms with Crippen molar-refractivity contribution in [1.82, 2.24) is 0 Å². The Kier molecular flexibility index (Phi) is 3.56. The van der Waals surface area contributed by atoms with Gasteiger partial charge in [-0.2, -0.15) is 0 Å². The van der Waals surface area contributed by atoms with Gasteiger partial charge in [0.2, 0.25) is 5.91 Å². The van der Waals surface area contributed by atoms with E-state index in [1.165, 1.54) is 6.07 Å². The van der Waals surface area contributed by atoms with E-state index in [-0.39, 0.29) is 23.2 Å². The number of carbonyl (C=O) groups is 2. The Morgan fingerprint density at radius 2 is 1.86 bits per heavy atom. The molecule has 2 aromatic rings. The average Bonchev–Trinajstić information content (AvgIpc) is 3.06. The number of carbonyl (C=O) groups excluding carboxylic acids is 2. The topological polar surface area (TPSA) is 80.5 Å². The van der Waals surface area contributed by atoms with Crippen LogP contribution >= 0.6 is 11.3 Å². The third-order valence-electron chi connectivity index (χ3n) is 3.19. The molecule has 1 aromatic heterocycles. The van der Waals surface area contributed by atoms with Crippen LogP contribution in [0.2, 0.25) is 0 Å². The summed E-state index contributed by atoms with van der Waals surface area (Å²) in [5, 5.41) is 10.7. The van der Waals surface area contributed by atoms with Crippen molar-refractivity contribution in [1.29, 1.82) is 0 Å². The average molecular weight is 314 g/mol. The fourth-order valence-corrected chi connectivity index (χ4v) is 3.00. The van der Waals surface area contributed by atoms with Crippen molar-refractivity contribution in [3.63, 3.8) is 0 Å². The minimum Gasteiger partial charge on any atom is -0.274 e. The lowest BCUT2D eigenvalue weighted by atomic mass is 10.2.